The van der Waals surface area contributed by atoms with Crippen LogP contribution in [0.3, 0.4) is 0 Å². The topological polar surface area (TPSA) is 80.3 Å². The maximum absolute atomic E-state index is 12.3. The van der Waals surface area contributed by atoms with E-state index in [0.29, 0.717) is 4.47 Å². The van der Waals surface area contributed by atoms with Crippen molar-refractivity contribution in [3.63, 3.8) is 0 Å². The number of sulfonamides is 1. The van der Waals surface area contributed by atoms with Crippen LogP contribution in [0.2, 0.25) is 10.0 Å². The molecule has 0 amide bonds. The van der Waals surface area contributed by atoms with Gasteiger partial charge in [-0.2, -0.15) is 0 Å². The molecule has 1 aromatic carbocycles. The van der Waals surface area contributed by atoms with Crippen LogP contribution in [0.4, 0.5) is 0 Å². The molecule has 5 nitrogen and oxygen atoms in total. The Morgan fingerprint density at radius 3 is 2.25 bits per heavy atom. The molecule has 1 saturated heterocycles. The van der Waals surface area contributed by atoms with E-state index in [2.05, 4.69) is 20.7 Å². The van der Waals surface area contributed by atoms with Gasteiger partial charge in [0.15, 0.2) is 9.84 Å². The summed E-state index contributed by atoms with van der Waals surface area (Å²) in [5.41, 5.74) is 0. The average Bonchev–Trinajstić information content (AvgIpc) is 2.54. The highest BCUT2D eigenvalue weighted by Gasteiger charge is 2.33. The van der Waals surface area contributed by atoms with Crippen LogP contribution in [0.5, 0.6) is 0 Å². The fourth-order valence-electron chi connectivity index (χ4n) is 1.95. The molecule has 0 radical (unpaired) electrons. The Morgan fingerprint density at radius 1 is 1.25 bits per heavy atom. The summed E-state index contributed by atoms with van der Waals surface area (Å²) >= 11 is 15.0. The second-order valence-corrected chi connectivity index (χ2v) is 10.0. The predicted octanol–water partition coefficient (Wildman–Crippen LogP) is 2.22. The van der Waals surface area contributed by atoms with E-state index >= 15 is 0 Å². The first kappa shape index (κ1) is 16.5. The summed E-state index contributed by atoms with van der Waals surface area (Å²) in [6.45, 7) is 0. The lowest BCUT2D eigenvalue weighted by Gasteiger charge is -2.14. The molecule has 20 heavy (non-hydrogen) atoms. The minimum absolute atomic E-state index is 0.0258. The molecule has 1 aliphatic rings. The van der Waals surface area contributed by atoms with Gasteiger partial charge in [0.25, 0.3) is 0 Å². The van der Waals surface area contributed by atoms with Crippen LogP contribution in [-0.2, 0) is 19.9 Å². The van der Waals surface area contributed by atoms with Crippen molar-refractivity contribution in [3.05, 3.63) is 26.7 Å². The van der Waals surface area contributed by atoms with Crippen molar-refractivity contribution in [2.24, 2.45) is 0 Å². The highest BCUT2D eigenvalue weighted by atomic mass is 79.9. The molecule has 1 unspecified atom stereocenters. The van der Waals surface area contributed by atoms with Crippen molar-refractivity contribution in [2.75, 3.05) is 11.5 Å². The zero-order chi connectivity index (χ0) is 15.1. The zero-order valence-corrected chi connectivity index (χ0v) is 14.7. The van der Waals surface area contributed by atoms with Gasteiger partial charge < -0.3 is 0 Å². The standard InChI is InChI=1S/C10H10BrCl2NO4S2/c11-6-3-8(12)10(9(13)4-6)20(17,18)14-7-1-2-19(15,16)5-7/h3-4,7,14H,1-2,5H2. The highest BCUT2D eigenvalue weighted by molar-refractivity contribution is 9.10. The summed E-state index contributed by atoms with van der Waals surface area (Å²) in [5.74, 6) is -0.236. The fourth-order valence-corrected chi connectivity index (χ4v) is 6.94. The zero-order valence-electron chi connectivity index (χ0n) is 9.94. The van der Waals surface area contributed by atoms with Gasteiger partial charge in [-0.1, -0.05) is 39.1 Å². The molecule has 112 valence electrons. The van der Waals surface area contributed by atoms with Gasteiger partial charge in [0.1, 0.15) is 4.90 Å². The molecule has 0 spiro atoms. The van der Waals surface area contributed by atoms with Crippen molar-refractivity contribution in [1.29, 1.82) is 0 Å². The first-order valence-corrected chi connectivity index (χ1v) is 10.3. The largest absolute Gasteiger partial charge is 0.243 e. The van der Waals surface area contributed by atoms with E-state index in [0.717, 1.165) is 0 Å². The van der Waals surface area contributed by atoms with Crippen molar-refractivity contribution < 1.29 is 16.8 Å². The number of hydrogen-bond acceptors (Lipinski definition) is 4. The summed E-state index contributed by atoms with van der Waals surface area (Å²) in [6, 6.07) is 2.17. The third-order valence-corrected chi connectivity index (χ3v) is 7.45. The van der Waals surface area contributed by atoms with Crippen LogP contribution < -0.4 is 4.72 Å². The van der Waals surface area contributed by atoms with E-state index in [-0.39, 0.29) is 32.9 Å². The Morgan fingerprint density at radius 2 is 1.80 bits per heavy atom. The molecule has 2 rings (SSSR count). The van der Waals surface area contributed by atoms with Crippen molar-refractivity contribution >= 4 is 59.0 Å². The first-order valence-electron chi connectivity index (χ1n) is 5.48. The second-order valence-electron chi connectivity index (χ2n) is 4.42. The number of rotatable bonds is 3. The Balaban J connectivity index is 2.33. The van der Waals surface area contributed by atoms with Gasteiger partial charge in [-0.05, 0) is 18.6 Å². The number of sulfone groups is 1. The van der Waals surface area contributed by atoms with Gasteiger partial charge >= 0.3 is 0 Å². The number of benzene rings is 1. The highest BCUT2D eigenvalue weighted by Crippen LogP contribution is 2.33. The van der Waals surface area contributed by atoms with E-state index in [9.17, 15) is 16.8 Å². The van der Waals surface area contributed by atoms with Gasteiger partial charge in [0, 0.05) is 10.5 Å². The fraction of sp³-hybridized carbons (Fsp3) is 0.400. The minimum Gasteiger partial charge on any atom is -0.229 e. The maximum Gasteiger partial charge on any atom is 0.243 e. The van der Waals surface area contributed by atoms with Crippen LogP contribution in [0.15, 0.2) is 21.5 Å². The average molecular weight is 423 g/mol. The van der Waals surface area contributed by atoms with Gasteiger partial charge in [0.2, 0.25) is 10.0 Å². The summed E-state index contributed by atoms with van der Waals surface area (Å²) in [5, 5.41) is -0.0598. The summed E-state index contributed by atoms with van der Waals surface area (Å²) < 4.78 is 50.1. The maximum atomic E-state index is 12.3. The molecule has 0 saturated carbocycles. The Hall–Kier alpha value is 0.140. The lowest BCUT2D eigenvalue weighted by atomic mass is 10.3. The summed E-state index contributed by atoms with van der Waals surface area (Å²) in [7, 11) is -7.15. The monoisotopic (exact) mass is 421 g/mol. The van der Waals surface area contributed by atoms with Crippen LogP contribution in [0.1, 0.15) is 6.42 Å². The number of hydrogen-bond donors (Lipinski definition) is 1. The Labute approximate surface area is 135 Å². The van der Waals surface area contributed by atoms with Crippen LogP contribution >= 0.6 is 39.1 Å². The Bertz CT molecular complexity index is 726. The van der Waals surface area contributed by atoms with Crippen molar-refractivity contribution in [3.8, 4) is 0 Å². The van der Waals surface area contributed by atoms with Crippen LogP contribution in [0, 0.1) is 0 Å². The van der Waals surface area contributed by atoms with Gasteiger partial charge in [-0.25, -0.2) is 21.6 Å². The molecular formula is C10H10BrCl2NO4S2. The molecule has 1 heterocycles. The van der Waals surface area contributed by atoms with Crippen molar-refractivity contribution in [2.45, 2.75) is 17.4 Å². The molecule has 1 aliphatic heterocycles. The Kier molecular flexibility index (Phi) is 4.73. The summed E-state index contributed by atoms with van der Waals surface area (Å²) in [6.07, 6.45) is 0.243. The van der Waals surface area contributed by atoms with Crippen LogP contribution in [0.25, 0.3) is 0 Å². The molecule has 10 heteroatoms. The lowest BCUT2D eigenvalue weighted by Crippen LogP contribution is -2.35. The molecular weight excluding hydrogens is 413 g/mol. The molecule has 0 bridgehead atoms. The molecule has 1 fully saturated rings. The predicted molar refractivity (Wildman–Crippen MR) is 81.5 cm³/mol. The summed E-state index contributed by atoms with van der Waals surface area (Å²) in [4.78, 5) is -0.242. The lowest BCUT2D eigenvalue weighted by molar-refractivity contribution is 0.562. The normalized spacial score (nSPS) is 22.1. The minimum atomic E-state index is -3.97. The van der Waals surface area contributed by atoms with E-state index in [1.54, 1.807) is 0 Å². The van der Waals surface area contributed by atoms with Crippen molar-refractivity contribution in [1.82, 2.24) is 4.72 Å². The number of nitrogens with one attached hydrogen (secondary N) is 1. The smallest absolute Gasteiger partial charge is 0.229 e. The molecule has 0 aliphatic carbocycles. The molecule has 1 aromatic rings. The van der Waals surface area contributed by atoms with Crippen LogP contribution in [-0.4, -0.2) is 34.4 Å². The quantitative estimate of drug-likeness (QED) is 0.809. The van der Waals surface area contributed by atoms with E-state index < -0.39 is 25.9 Å². The molecule has 0 aromatic heterocycles. The molecule has 1 atom stereocenters. The number of halogens is 3. The van der Waals surface area contributed by atoms with E-state index in [4.69, 9.17) is 23.2 Å². The van der Waals surface area contributed by atoms with E-state index in [1.807, 2.05) is 0 Å². The van der Waals surface area contributed by atoms with Gasteiger partial charge in [0.05, 0.1) is 21.6 Å². The third-order valence-electron chi connectivity index (χ3n) is 2.79. The van der Waals surface area contributed by atoms with Gasteiger partial charge in [-0.3, -0.25) is 0 Å². The first-order chi connectivity index (χ1) is 9.11. The third kappa shape index (κ3) is 3.66. The van der Waals surface area contributed by atoms with E-state index in [1.165, 1.54) is 12.1 Å². The SMILES string of the molecule is O=S1(=O)CCC(NS(=O)(=O)c2c(Cl)cc(Br)cc2Cl)C1. The second kappa shape index (κ2) is 5.73. The molecule has 1 N–H and O–H groups in total. The van der Waals surface area contributed by atoms with Gasteiger partial charge in [-0.15, -0.1) is 0 Å².